The molecule has 1 aromatic heterocycles. The monoisotopic (exact) mass is 476 g/mol. The van der Waals surface area contributed by atoms with Crippen LogP contribution in [0.25, 0.3) is 0 Å². The molecule has 7 nitrogen and oxygen atoms in total. The van der Waals surface area contributed by atoms with Crippen LogP contribution in [0.2, 0.25) is 10.0 Å². The third-order valence-electron chi connectivity index (χ3n) is 5.74. The molecular formula is C23H26Cl2N4O3. The van der Waals surface area contributed by atoms with E-state index in [1.807, 2.05) is 33.8 Å². The molecule has 1 amide bonds. The van der Waals surface area contributed by atoms with Crippen LogP contribution in [-0.4, -0.2) is 50.5 Å². The third-order valence-corrected chi connectivity index (χ3v) is 6.47. The summed E-state index contributed by atoms with van der Waals surface area (Å²) in [4.78, 5) is 33.0. The van der Waals surface area contributed by atoms with Gasteiger partial charge < -0.3 is 9.64 Å². The van der Waals surface area contributed by atoms with Crippen LogP contribution in [0.15, 0.2) is 35.5 Å². The van der Waals surface area contributed by atoms with Gasteiger partial charge in [-0.25, -0.2) is 14.5 Å². The van der Waals surface area contributed by atoms with E-state index < -0.39 is 23.6 Å². The molecule has 0 N–H and O–H groups in total. The largest absolute Gasteiger partial charge is 0.458 e. The first kappa shape index (κ1) is 22.8. The Kier molecular flexibility index (Phi) is 6.07. The van der Waals surface area contributed by atoms with E-state index in [2.05, 4.69) is 10.1 Å². The van der Waals surface area contributed by atoms with Crippen molar-refractivity contribution in [2.24, 2.45) is 10.9 Å². The van der Waals surface area contributed by atoms with Crippen molar-refractivity contribution in [1.29, 1.82) is 0 Å². The van der Waals surface area contributed by atoms with Crippen LogP contribution >= 0.6 is 23.2 Å². The SMILES string of the molecule is CC1=Nc2ccnn2C(c2ccc(Cl)c(Cl)c2)C1C(=O)N1CCC[C@H]1C(=O)OC(C)(C)C. The van der Waals surface area contributed by atoms with Crippen molar-refractivity contribution in [3.8, 4) is 0 Å². The summed E-state index contributed by atoms with van der Waals surface area (Å²) in [6.45, 7) is 7.80. The van der Waals surface area contributed by atoms with Crippen LogP contribution < -0.4 is 0 Å². The van der Waals surface area contributed by atoms with E-state index >= 15 is 0 Å². The minimum absolute atomic E-state index is 0.170. The molecule has 1 fully saturated rings. The third kappa shape index (κ3) is 4.28. The molecule has 4 rings (SSSR count). The maximum atomic E-state index is 13.9. The van der Waals surface area contributed by atoms with Gasteiger partial charge in [0.1, 0.15) is 17.6 Å². The number of likely N-dealkylation sites (tertiary alicyclic amines) is 1. The number of carbonyl (C=O) groups is 2. The number of halogens is 2. The Balaban J connectivity index is 1.72. The summed E-state index contributed by atoms with van der Waals surface area (Å²) in [6, 6.07) is 6.05. The minimum atomic E-state index is -0.636. The highest BCUT2D eigenvalue weighted by Gasteiger charge is 2.45. The van der Waals surface area contributed by atoms with Crippen molar-refractivity contribution >= 4 is 46.6 Å². The zero-order chi connectivity index (χ0) is 23.2. The number of ether oxygens (including phenoxy) is 1. The number of carbonyl (C=O) groups excluding carboxylic acids is 2. The van der Waals surface area contributed by atoms with Gasteiger partial charge in [-0.2, -0.15) is 5.10 Å². The molecule has 3 heterocycles. The molecule has 0 radical (unpaired) electrons. The van der Waals surface area contributed by atoms with E-state index in [1.54, 1.807) is 34.0 Å². The number of hydrogen-bond acceptors (Lipinski definition) is 5. The van der Waals surface area contributed by atoms with Crippen molar-refractivity contribution in [3.05, 3.63) is 46.1 Å². The van der Waals surface area contributed by atoms with Crippen molar-refractivity contribution in [3.63, 3.8) is 0 Å². The van der Waals surface area contributed by atoms with E-state index in [9.17, 15) is 9.59 Å². The van der Waals surface area contributed by atoms with E-state index in [1.165, 1.54) is 0 Å². The van der Waals surface area contributed by atoms with Gasteiger partial charge >= 0.3 is 5.97 Å². The maximum Gasteiger partial charge on any atom is 0.329 e. The summed E-state index contributed by atoms with van der Waals surface area (Å²) in [5.41, 5.74) is 0.835. The summed E-state index contributed by atoms with van der Waals surface area (Å²) < 4.78 is 7.32. The Morgan fingerprint density at radius 1 is 1.16 bits per heavy atom. The fourth-order valence-electron chi connectivity index (χ4n) is 4.40. The topological polar surface area (TPSA) is 76.8 Å². The number of aliphatic imine (C=N–C) groups is 1. The quantitative estimate of drug-likeness (QED) is 0.594. The Bertz CT molecular complexity index is 1090. The zero-order valence-corrected chi connectivity index (χ0v) is 20.0. The maximum absolute atomic E-state index is 13.9. The van der Waals surface area contributed by atoms with E-state index in [0.717, 1.165) is 12.0 Å². The number of amides is 1. The van der Waals surface area contributed by atoms with Gasteiger partial charge in [-0.1, -0.05) is 29.3 Å². The molecule has 0 saturated carbocycles. The summed E-state index contributed by atoms with van der Waals surface area (Å²) in [7, 11) is 0. The van der Waals surface area contributed by atoms with Crippen molar-refractivity contribution < 1.29 is 14.3 Å². The van der Waals surface area contributed by atoms with Crippen LogP contribution in [0, 0.1) is 5.92 Å². The fraction of sp³-hybridized carbons (Fsp3) is 0.478. The first-order valence-electron chi connectivity index (χ1n) is 10.6. The predicted octanol–water partition coefficient (Wildman–Crippen LogP) is 4.83. The lowest BCUT2D eigenvalue weighted by Crippen LogP contribution is -2.49. The standard InChI is InChI=1S/C23H26Cl2N4O3/c1-13-19(21(30)28-11-5-6-17(28)22(31)32-23(2,3)4)20(29-18(27-13)9-10-26-29)14-7-8-15(24)16(25)12-14/h7-10,12,17,19-20H,5-6,11H2,1-4H3/t17-,19?,20?/m0/s1. The zero-order valence-electron chi connectivity index (χ0n) is 18.5. The van der Waals surface area contributed by atoms with E-state index in [-0.39, 0.29) is 11.9 Å². The molecule has 170 valence electrons. The van der Waals surface area contributed by atoms with Crippen molar-refractivity contribution in [1.82, 2.24) is 14.7 Å². The Morgan fingerprint density at radius 2 is 1.91 bits per heavy atom. The van der Waals surface area contributed by atoms with E-state index in [0.29, 0.717) is 34.5 Å². The average Bonchev–Trinajstić information content (AvgIpc) is 3.36. The van der Waals surface area contributed by atoms with Crippen LogP contribution in [0.3, 0.4) is 0 Å². The number of benzene rings is 1. The van der Waals surface area contributed by atoms with Gasteiger partial charge in [0, 0.05) is 18.3 Å². The number of nitrogens with zero attached hydrogens (tertiary/aromatic N) is 4. The molecular weight excluding hydrogens is 451 g/mol. The van der Waals surface area contributed by atoms with Gasteiger partial charge in [-0.3, -0.25) is 4.79 Å². The molecule has 9 heteroatoms. The second kappa shape index (κ2) is 8.52. The van der Waals surface area contributed by atoms with Crippen LogP contribution in [0.4, 0.5) is 5.82 Å². The molecule has 1 saturated heterocycles. The lowest BCUT2D eigenvalue weighted by atomic mass is 9.87. The molecule has 3 atom stereocenters. The first-order valence-corrected chi connectivity index (χ1v) is 11.4. The molecule has 0 spiro atoms. The van der Waals surface area contributed by atoms with Gasteiger partial charge in [0.2, 0.25) is 5.91 Å². The molecule has 32 heavy (non-hydrogen) atoms. The minimum Gasteiger partial charge on any atom is -0.458 e. The van der Waals surface area contributed by atoms with Gasteiger partial charge in [0.25, 0.3) is 0 Å². The smallest absolute Gasteiger partial charge is 0.329 e. The van der Waals surface area contributed by atoms with Crippen LogP contribution in [0.1, 0.15) is 52.1 Å². The molecule has 2 aromatic rings. The number of rotatable bonds is 3. The highest BCUT2D eigenvalue weighted by atomic mass is 35.5. The summed E-state index contributed by atoms with van der Waals surface area (Å²) >= 11 is 12.4. The Morgan fingerprint density at radius 3 is 2.59 bits per heavy atom. The van der Waals surface area contributed by atoms with Gasteiger partial charge in [0.05, 0.1) is 22.3 Å². The highest BCUT2D eigenvalue weighted by Crippen LogP contribution is 2.39. The van der Waals surface area contributed by atoms with Crippen LogP contribution in [-0.2, 0) is 14.3 Å². The molecule has 2 aliphatic heterocycles. The number of aromatic nitrogens is 2. The first-order chi connectivity index (χ1) is 15.1. The molecule has 0 aliphatic carbocycles. The van der Waals surface area contributed by atoms with Crippen molar-refractivity contribution in [2.45, 2.75) is 58.2 Å². The number of esters is 1. The van der Waals surface area contributed by atoms with Crippen LogP contribution in [0.5, 0.6) is 0 Å². The predicted molar refractivity (Wildman–Crippen MR) is 124 cm³/mol. The molecule has 2 aliphatic rings. The lowest BCUT2D eigenvalue weighted by Gasteiger charge is -2.35. The Labute approximate surface area is 197 Å². The summed E-state index contributed by atoms with van der Waals surface area (Å²) in [6.07, 6.45) is 2.97. The average molecular weight is 477 g/mol. The second-order valence-electron chi connectivity index (χ2n) is 9.21. The molecule has 0 bridgehead atoms. The fourth-order valence-corrected chi connectivity index (χ4v) is 4.70. The molecule has 2 unspecified atom stereocenters. The van der Waals surface area contributed by atoms with Gasteiger partial charge in [-0.15, -0.1) is 0 Å². The second-order valence-corrected chi connectivity index (χ2v) is 10.0. The van der Waals surface area contributed by atoms with Gasteiger partial charge in [-0.05, 0) is 58.2 Å². The molecule has 1 aromatic carbocycles. The summed E-state index contributed by atoms with van der Waals surface area (Å²) in [5.74, 6) is -0.521. The summed E-state index contributed by atoms with van der Waals surface area (Å²) in [5, 5.41) is 5.27. The lowest BCUT2D eigenvalue weighted by molar-refractivity contribution is -0.163. The van der Waals surface area contributed by atoms with E-state index in [4.69, 9.17) is 27.9 Å². The number of fused-ring (bicyclic) bond motifs is 1. The highest BCUT2D eigenvalue weighted by molar-refractivity contribution is 6.42. The van der Waals surface area contributed by atoms with Crippen molar-refractivity contribution in [2.75, 3.05) is 6.54 Å². The van der Waals surface area contributed by atoms with Gasteiger partial charge in [0.15, 0.2) is 5.82 Å². The number of hydrogen-bond donors (Lipinski definition) is 0. The Hall–Kier alpha value is -2.38. The normalized spacial score (nSPS) is 23.0.